The molecular formula is C23H27N3O4S. The van der Waals surface area contributed by atoms with Crippen LogP contribution >= 0.6 is 11.3 Å². The molecule has 8 heteroatoms. The van der Waals surface area contributed by atoms with Crippen molar-refractivity contribution in [3.63, 3.8) is 0 Å². The van der Waals surface area contributed by atoms with E-state index < -0.39 is 6.04 Å². The van der Waals surface area contributed by atoms with Crippen molar-refractivity contribution in [2.45, 2.75) is 37.8 Å². The zero-order valence-electron chi connectivity index (χ0n) is 17.5. The van der Waals surface area contributed by atoms with Crippen LogP contribution in [0.1, 0.15) is 45.7 Å². The number of ether oxygens (including phenoxy) is 1. The van der Waals surface area contributed by atoms with Gasteiger partial charge in [-0.05, 0) is 61.2 Å². The molecule has 1 aromatic heterocycles. The molecular weight excluding hydrogens is 414 g/mol. The molecule has 2 aromatic rings. The Labute approximate surface area is 185 Å². The average molecular weight is 442 g/mol. The molecule has 0 spiro atoms. The number of nitrogens with one attached hydrogen (secondary N) is 2. The lowest BCUT2D eigenvalue weighted by molar-refractivity contribution is -0.124. The summed E-state index contributed by atoms with van der Waals surface area (Å²) in [6.07, 6.45) is 3.29. The minimum atomic E-state index is -0.593. The van der Waals surface area contributed by atoms with Gasteiger partial charge in [0, 0.05) is 24.7 Å². The molecule has 2 fully saturated rings. The first-order valence-electron chi connectivity index (χ1n) is 10.6. The Morgan fingerprint density at radius 3 is 2.52 bits per heavy atom. The Hall–Kier alpha value is -2.87. The molecule has 0 bridgehead atoms. The van der Waals surface area contributed by atoms with Crippen LogP contribution in [0.25, 0.3) is 0 Å². The lowest BCUT2D eigenvalue weighted by atomic mass is 9.88. The Balaban J connectivity index is 1.40. The Kier molecular flexibility index (Phi) is 6.56. The molecule has 2 heterocycles. The molecule has 4 rings (SSSR count). The standard InChI is InChI=1S/C23H27N3O4S/c1-30-18-5-2-4-16(14-18)23(29)26-11-9-15(10-12-26)20(22(28)24-17-7-8-17)25-21(27)19-6-3-13-31-19/h2-6,13-15,17,20H,7-12H2,1H3,(H,24,28)(H,25,27)/t20-/m1/s1. The predicted octanol–water partition coefficient (Wildman–Crippen LogP) is 2.69. The minimum Gasteiger partial charge on any atom is -0.497 e. The summed E-state index contributed by atoms with van der Waals surface area (Å²) in [6.45, 7) is 1.09. The van der Waals surface area contributed by atoms with Gasteiger partial charge in [-0.25, -0.2) is 0 Å². The van der Waals surface area contributed by atoms with Gasteiger partial charge in [0.1, 0.15) is 11.8 Å². The van der Waals surface area contributed by atoms with Gasteiger partial charge in [0.25, 0.3) is 11.8 Å². The highest BCUT2D eigenvalue weighted by Gasteiger charge is 2.36. The van der Waals surface area contributed by atoms with Crippen LogP contribution in [-0.2, 0) is 4.79 Å². The van der Waals surface area contributed by atoms with Crippen molar-refractivity contribution < 1.29 is 19.1 Å². The van der Waals surface area contributed by atoms with E-state index in [1.165, 1.54) is 11.3 Å². The monoisotopic (exact) mass is 441 g/mol. The third-order valence-corrected chi connectivity index (χ3v) is 6.72. The summed E-state index contributed by atoms with van der Waals surface area (Å²) in [5.41, 5.74) is 0.590. The van der Waals surface area contributed by atoms with Crippen LogP contribution in [0.3, 0.4) is 0 Å². The van der Waals surface area contributed by atoms with Gasteiger partial charge in [-0.15, -0.1) is 11.3 Å². The van der Waals surface area contributed by atoms with E-state index in [1.54, 1.807) is 31.4 Å². The summed E-state index contributed by atoms with van der Waals surface area (Å²) in [5, 5.41) is 7.83. The first kappa shape index (κ1) is 21.4. The smallest absolute Gasteiger partial charge is 0.262 e. The highest BCUT2D eigenvalue weighted by Crippen LogP contribution is 2.25. The molecule has 1 aromatic carbocycles. The van der Waals surface area contributed by atoms with Crippen molar-refractivity contribution in [1.82, 2.24) is 15.5 Å². The average Bonchev–Trinajstić information content (AvgIpc) is 3.44. The molecule has 164 valence electrons. The number of benzene rings is 1. The van der Waals surface area contributed by atoms with E-state index in [4.69, 9.17) is 4.74 Å². The second kappa shape index (κ2) is 9.51. The minimum absolute atomic E-state index is 0.0166. The fourth-order valence-corrected chi connectivity index (χ4v) is 4.54. The van der Waals surface area contributed by atoms with E-state index in [-0.39, 0.29) is 29.7 Å². The van der Waals surface area contributed by atoms with Crippen molar-refractivity contribution in [1.29, 1.82) is 0 Å². The maximum atomic E-state index is 12.9. The molecule has 2 N–H and O–H groups in total. The summed E-state index contributed by atoms with van der Waals surface area (Å²) < 4.78 is 5.22. The Morgan fingerprint density at radius 1 is 1.10 bits per heavy atom. The quantitative estimate of drug-likeness (QED) is 0.692. The Morgan fingerprint density at radius 2 is 1.87 bits per heavy atom. The largest absolute Gasteiger partial charge is 0.497 e. The molecule has 31 heavy (non-hydrogen) atoms. The first-order chi connectivity index (χ1) is 15.0. The summed E-state index contributed by atoms with van der Waals surface area (Å²) in [5.74, 6) is 0.246. The van der Waals surface area contributed by atoms with E-state index in [9.17, 15) is 14.4 Å². The van der Waals surface area contributed by atoms with Gasteiger partial charge < -0.3 is 20.3 Å². The molecule has 0 unspecified atom stereocenters. The maximum absolute atomic E-state index is 12.9. The van der Waals surface area contributed by atoms with E-state index in [0.717, 1.165) is 12.8 Å². The van der Waals surface area contributed by atoms with E-state index in [2.05, 4.69) is 10.6 Å². The van der Waals surface area contributed by atoms with Crippen LogP contribution in [0.15, 0.2) is 41.8 Å². The second-order valence-electron chi connectivity index (χ2n) is 8.07. The van der Waals surface area contributed by atoms with Crippen LogP contribution < -0.4 is 15.4 Å². The van der Waals surface area contributed by atoms with Gasteiger partial charge in [-0.2, -0.15) is 0 Å². The van der Waals surface area contributed by atoms with E-state index in [1.807, 2.05) is 22.4 Å². The number of nitrogens with zero attached hydrogens (tertiary/aromatic N) is 1. The zero-order chi connectivity index (χ0) is 21.8. The highest BCUT2D eigenvalue weighted by molar-refractivity contribution is 7.12. The number of thiophene rings is 1. The molecule has 1 saturated carbocycles. The van der Waals surface area contributed by atoms with E-state index >= 15 is 0 Å². The number of rotatable bonds is 7. The zero-order valence-corrected chi connectivity index (χ0v) is 18.3. The molecule has 1 aliphatic heterocycles. The van der Waals surface area contributed by atoms with Gasteiger partial charge in [-0.3, -0.25) is 14.4 Å². The lowest BCUT2D eigenvalue weighted by Gasteiger charge is -2.36. The Bertz CT molecular complexity index is 934. The highest BCUT2D eigenvalue weighted by atomic mass is 32.1. The topological polar surface area (TPSA) is 87.7 Å². The van der Waals surface area contributed by atoms with E-state index in [0.29, 0.717) is 42.1 Å². The number of amides is 3. The summed E-state index contributed by atoms with van der Waals surface area (Å²) in [7, 11) is 1.58. The number of hydrogen-bond donors (Lipinski definition) is 2. The van der Waals surface area contributed by atoms with Crippen molar-refractivity contribution >= 4 is 29.1 Å². The third-order valence-electron chi connectivity index (χ3n) is 5.85. The SMILES string of the molecule is COc1cccc(C(=O)N2CCC([C@@H](NC(=O)c3cccs3)C(=O)NC3CC3)CC2)c1. The number of methoxy groups -OCH3 is 1. The van der Waals surface area contributed by atoms with Crippen LogP contribution in [-0.4, -0.2) is 54.9 Å². The number of carbonyl (C=O) groups is 3. The van der Waals surface area contributed by atoms with Crippen LogP contribution in [0.5, 0.6) is 5.75 Å². The molecule has 1 atom stereocenters. The summed E-state index contributed by atoms with van der Waals surface area (Å²) >= 11 is 1.36. The molecule has 0 radical (unpaired) electrons. The number of piperidine rings is 1. The molecule has 2 aliphatic rings. The summed E-state index contributed by atoms with van der Waals surface area (Å²) in [6, 6.07) is 10.3. The predicted molar refractivity (Wildman–Crippen MR) is 118 cm³/mol. The van der Waals surface area contributed by atoms with Crippen LogP contribution in [0, 0.1) is 5.92 Å². The third kappa shape index (κ3) is 5.25. The molecule has 1 aliphatic carbocycles. The van der Waals surface area contributed by atoms with Crippen LogP contribution in [0.2, 0.25) is 0 Å². The fourth-order valence-electron chi connectivity index (χ4n) is 3.91. The fraction of sp³-hybridized carbons (Fsp3) is 0.435. The number of carbonyl (C=O) groups excluding carboxylic acids is 3. The first-order valence-corrected chi connectivity index (χ1v) is 11.5. The van der Waals surface area contributed by atoms with Gasteiger partial charge >= 0.3 is 0 Å². The molecule has 1 saturated heterocycles. The van der Waals surface area contributed by atoms with Gasteiger partial charge in [0.15, 0.2) is 0 Å². The van der Waals surface area contributed by atoms with Crippen molar-refractivity contribution in [2.24, 2.45) is 5.92 Å². The van der Waals surface area contributed by atoms with Gasteiger partial charge in [0.2, 0.25) is 5.91 Å². The molecule has 7 nitrogen and oxygen atoms in total. The summed E-state index contributed by atoms with van der Waals surface area (Å²) in [4.78, 5) is 40.8. The van der Waals surface area contributed by atoms with Crippen molar-refractivity contribution in [3.8, 4) is 5.75 Å². The van der Waals surface area contributed by atoms with Crippen LogP contribution in [0.4, 0.5) is 0 Å². The second-order valence-corrected chi connectivity index (χ2v) is 9.02. The van der Waals surface area contributed by atoms with Crippen molar-refractivity contribution in [2.75, 3.05) is 20.2 Å². The van der Waals surface area contributed by atoms with Gasteiger partial charge in [0.05, 0.1) is 12.0 Å². The maximum Gasteiger partial charge on any atom is 0.262 e. The number of hydrogen-bond acceptors (Lipinski definition) is 5. The van der Waals surface area contributed by atoms with Crippen molar-refractivity contribution in [3.05, 3.63) is 52.2 Å². The lowest BCUT2D eigenvalue weighted by Crippen LogP contribution is -2.54. The normalized spacial score (nSPS) is 17.6. The van der Waals surface area contributed by atoms with Gasteiger partial charge in [-0.1, -0.05) is 12.1 Å². The number of likely N-dealkylation sites (tertiary alicyclic amines) is 1. The molecule has 3 amide bonds.